The van der Waals surface area contributed by atoms with Gasteiger partial charge in [0.25, 0.3) is 0 Å². The average molecular weight is 453 g/mol. The molecule has 2 rings (SSSR count). The van der Waals surface area contributed by atoms with Crippen molar-refractivity contribution in [2.24, 2.45) is 0 Å². The molecule has 12 N–H and O–H groups in total. The number of nitrogens with zero attached hydrogens (tertiary/aromatic N) is 3. The third-order valence-corrected chi connectivity index (χ3v) is 1.25. The maximum atomic E-state index is 8.88. The summed E-state index contributed by atoms with van der Waals surface area (Å²) in [4.78, 5) is 79.1. The first kappa shape index (κ1) is 30.4. The van der Waals surface area contributed by atoms with Crippen molar-refractivity contribution in [3.8, 4) is 0 Å². The summed E-state index contributed by atoms with van der Waals surface area (Å²) < 4.78 is 26.6. The Morgan fingerprint density at radius 3 is 1.42 bits per heavy atom. The van der Waals surface area contributed by atoms with Crippen LogP contribution in [-0.2, 0) is 13.7 Å². The number of nitrogens with two attached hydrogens (primary N) is 1. The van der Waals surface area contributed by atoms with E-state index in [0.29, 0.717) is 17.0 Å². The zero-order valence-electron chi connectivity index (χ0n) is 11.7. The third kappa shape index (κ3) is 31.4. The zero-order chi connectivity index (χ0) is 20.5. The molecule has 0 atom stereocenters. The van der Waals surface area contributed by atoms with Crippen LogP contribution in [0.4, 0.5) is 5.82 Å². The summed E-state index contributed by atoms with van der Waals surface area (Å²) >= 11 is 0. The molecule has 0 radical (unpaired) electrons. The van der Waals surface area contributed by atoms with Crippen molar-refractivity contribution in [1.29, 1.82) is 0 Å². The van der Waals surface area contributed by atoms with Crippen LogP contribution in [0.15, 0.2) is 12.7 Å². The number of aromatic nitrogens is 4. The molecule has 17 nitrogen and oxygen atoms in total. The molecule has 0 saturated carbocycles. The van der Waals surface area contributed by atoms with Crippen LogP contribution in [0.25, 0.3) is 11.2 Å². The Labute approximate surface area is 166 Å². The van der Waals surface area contributed by atoms with Gasteiger partial charge in [0.2, 0.25) is 0 Å². The van der Waals surface area contributed by atoms with Crippen molar-refractivity contribution in [1.82, 2.24) is 19.9 Å². The van der Waals surface area contributed by atoms with E-state index in [0.717, 1.165) is 0 Å². The van der Waals surface area contributed by atoms with E-state index in [4.69, 9.17) is 63.5 Å². The topological polar surface area (TPSA) is 314 Å². The van der Waals surface area contributed by atoms with E-state index < -0.39 is 23.5 Å². The second kappa shape index (κ2) is 13.0. The summed E-state index contributed by atoms with van der Waals surface area (Å²) in [6, 6.07) is 0. The van der Waals surface area contributed by atoms with E-state index in [-0.39, 0.29) is 29.6 Å². The van der Waals surface area contributed by atoms with Crippen LogP contribution in [0.2, 0.25) is 0 Å². The van der Waals surface area contributed by atoms with E-state index in [1.807, 2.05) is 0 Å². The number of imidazole rings is 1. The van der Waals surface area contributed by atoms with Gasteiger partial charge in [-0.05, 0) is 0 Å². The molecule has 26 heavy (non-hydrogen) atoms. The van der Waals surface area contributed by atoms with Crippen LogP contribution in [0, 0.1) is 0 Å². The van der Waals surface area contributed by atoms with Crippen molar-refractivity contribution < 1.29 is 57.7 Å². The van der Waals surface area contributed by atoms with Crippen LogP contribution in [0.3, 0.4) is 0 Å². The molecule has 2 aromatic rings. The maximum absolute atomic E-state index is 8.88. The number of nitrogens with one attached hydrogen (secondary N) is 1. The Morgan fingerprint density at radius 1 is 0.769 bits per heavy atom. The molecule has 0 spiro atoms. The standard InChI is InChI=1S/C5H5N5.Na.3H3O4P.H/c6-4-3-5(9-1-7-3)10-2-8-4;;3*1-5(2,3)4;/h1-2H,(H3,6,7,8,9,10);;3*(H3,1,2,3,4);. The fourth-order valence-electron chi connectivity index (χ4n) is 0.783. The minimum atomic E-state index is -4.64. The SMILES string of the molecule is Nc1ncnc2[nH]cnc12.O=P(O)(O)O.O=P(O)(O)O.O=P(O)(O)O.[NaH]. The van der Waals surface area contributed by atoms with Crippen LogP contribution >= 0.6 is 23.5 Å². The third-order valence-electron chi connectivity index (χ3n) is 1.25. The molecule has 0 aliphatic heterocycles. The number of nitrogen functional groups attached to an aromatic ring is 1. The fourth-order valence-corrected chi connectivity index (χ4v) is 0.783. The molecule has 0 bridgehead atoms. The van der Waals surface area contributed by atoms with Gasteiger partial charge in [0.05, 0.1) is 6.33 Å². The van der Waals surface area contributed by atoms with Crippen molar-refractivity contribution in [2.75, 3.05) is 5.73 Å². The summed E-state index contributed by atoms with van der Waals surface area (Å²) in [6.45, 7) is 0. The van der Waals surface area contributed by atoms with E-state index in [1.54, 1.807) is 0 Å². The molecule has 0 aliphatic carbocycles. The van der Waals surface area contributed by atoms with Gasteiger partial charge in [-0.15, -0.1) is 0 Å². The molecule has 0 unspecified atom stereocenters. The van der Waals surface area contributed by atoms with Crippen LogP contribution in [0.1, 0.15) is 0 Å². The van der Waals surface area contributed by atoms with Crippen LogP contribution in [-0.4, -0.2) is 93.5 Å². The van der Waals surface area contributed by atoms with Crippen LogP contribution < -0.4 is 5.73 Å². The van der Waals surface area contributed by atoms with Crippen molar-refractivity contribution in [3.63, 3.8) is 0 Å². The minimum absolute atomic E-state index is 0. The monoisotopic (exact) mass is 453 g/mol. The van der Waals surface area contributed by atoms with E-state index in [1.165, 1.54) is 12.7 Å². The number of fused-ring (bicyclic) bond motifs is 1. The Kier molecular flexibility index (Phi) is 15.2. The quantitative estimate of drug-likeness (QED) is 0.136. The number of hydrogen-bond acceptors (Lipinski definition) is 7. The Balaban J connectivity index is -0.000000290. The molecule has 0 aromatic carbocycles. The van der Waals surface area contributed by atoms with Crippen molar-refractivity contribution >= 4 is 70.0 Å². The fraction of sp³-hybridized carbons (Fsp3) is 0. The molecule has 0 saturated heterocycles. The van der Waals surface area contributed by atoms with Gasteiger partial charge < -0.3 is 54.8 Å². The van der Waals surface area contributed by atoms with Crippen molar-refractivity contribution in [3.05, 3.63) is 12.7 Å². The molecule has 0 amide bonds. The molecule has 0 fully saturated rings. The first-order valence-electron chi connectivity index (χ1n) is 5.12. The Bertz CT molecular complexity index is 710. The zero-order valence-corrected chi connectivity index (χ0v) is 14.3. The molecule has 148 valence electrons. The predicted molar refractivity (Wildman–Crippen MR) is 86.0 cm³/mol. The first-order valence-corrected chi connectivity index (χ1v) is 9.82. The summed E-state index contributed by atoms with van der Waals surface area (Å²) in [5, 5.41) is 0. The second-order valence-electron chi connectivity index (χ2n) is 3.40. The average Bonchev–Trinajstić information content (AvgIpc) is 2.71. The molecular formula is C5H15N5NaO12P3. The van der Waals surface area contributed by atoms with E-state index in [2.05, 4.69) is 19.9 Å². The van der Waals surface area contributed by atoms with Gasteiger partial charge in [0.15, 0.2) is 11.5 Å². The van der Waals surface area contributed by atoms with Gasteiger partial charge in [0, 0.05) is 0 Å². The molecule has 21 heteroatoms. The Morgan fingerprint density at radius 2 is 1.12 bits per heavy atom. The van der Waals surface area contributed by atoms with E-state index in [9.17, 15) is 0 Å². The molecule has 2 heterocycles. The number of hydrogen-bond donors (Lipinski definition) is 11. The summed E-state index contributed by atoms with van der Waals surface area (Å²) in [7, 11) is -13.9. The van der Waals surface area contributed by atoms with E-state index >= 15 is 0 Å². The predicted octanol–water partition coefficient (Wildman–Crippen LogP) is -3.50. The number of anilines is 1. The number of phosphoric acid groups is 3. The van der Waals surface area contributed by atoms with Gasteiger partial charge in [-0.1, -0.05) is 0 Å². The second-order valence-corrected chi connectivity index (χ2v) is 6.48. The van der Waals surface area contributed by atoms with Gasteiger partial charge in [-0.3, -0.25) is 0 Å². The van der Waals surface area contributed by atoms with Crippen molar-refractivity contribution in [2.45, 2.75) is 0 Å². The van der Waals surface area contributed by atoms with Gasteiger partial charge >= 0.3 is 53.0 Å². The molecule has 2 aromatic heterocycles. The first-order chi connectivity index (χ1) is 10.9. The van der Waals surface area contributed by atoms with Crippen LogP contribution in [0.5, 0.6) is 0 Å². The van der Waals surface area contributed by atoms with Gasteiger partial charge in [-0.25, -0.2) is 28.6 Å². The van der Waals surface area contributed by atoms with Gasteiger partial charge in [-0.2, -0.15) is 0 Å². The Hall–Kier alpha value is -0.320. The summed E-state index contributed by atoms with van der Waals surface area (Å²) in [5.74, 6) is 0.409. The number of H-pyrrole nitrogens is 1. The number of aromatic amines is 1. The van der Waals surface area contributed by atoms with Gasteiger partial charge in [0.1, 0.15) is 11.8 Å². The number of rotatable bonds is 0. The summed E-state index contributed by atoms with van der Waals surface area (Å²) in [5.41, 5.74) is 6.77. The summed E-state index contributed by atoms with van der Waals surface area (Å²) in [6.07, 6.45) is 2.94. The molecule has 0 aliphatic rings. The normalized spacial score (nSPS) is 10.8. The molecular weight excluding hydrogens is 438 g/mol.